The molecule has 0 aromatic heterocycles. The molecule has 0 amide bonds. The Kier molecular flexibility index (Phi) is 20.1. The van der Waals surface area contributed by atoms with Gasteiger partial charge in [-0.3, -0.25) is 14.4 Å². The number of aryl methyl sites for hydroxylation is 2. The van der Waals surface area contributed by atoms with Gasteiger partial charge in [-0.25, -0.2) is 0 Å². The van der Waals surface area contributed by atoms with E-state index in [4.69, 9.17) is 18.9 Å². The van der Waals surface area contributed by atoms with E-state index < -0.39 is 0 Å². The monoisotopic (exact) mass is 656 g/mol. The summed E-state index contributed by atoms with van der Waals surface area (Å²) in [5.41, 5.74) is 4.52. The van der Waals surface area contributed by atoms with Crippen molar-refractivity contribution in [1.29, 1.82) is 0 Å². The lowest BCUT2D eigenvalue weighted by atomic mass is 10.0. The molecule has 4 aromatic rings. The highest BCUT2D eigenvalue weighted by Crippen LogP contribution is 2.29. The van der Waals surface area contributed by atoms with Crippen LogP contribution < -0.4 is 18.9 Å². The van der Waals surface area contributed by atoms with Crippen LogP contribution in [0.25, 0.3) is 0 Å². The quantitative estimate of drug-likeness (QED) is 0.111. The van der Waals surface area contributed by atoms with Crippen molar-refractivity contribution in [2.45, 2.75) is 66.7 Å². The number of benzene rings is 4. The molecule has 0 aliphatic carbocycles. The molecule has 0 N–H and O–H groups in total. The summed E-state index contributed by atoms with van der Waals surface area (Å²) in [4.78, 5) is 32.7. The van der Waals surface area contributed by atoms with Gasteiger partial charge in [-0.2, -0.15) is 0 Å². The molecule has 0 unspecified atom stereocenters. The van der Waals surface area contributed by atoms with Crippen LogP contribution in [0.2, 0.25) is 0 Å². The molecule has 0 bridgehead atoms. The van der Waals surface area contributed by atoms with Crippen molar-refractivity contribution in [1.82, 2.24) is 0 Å². The normalized spacial score (nSPS) is 9.60. The van der Waals surface area contributed by atoms with Crippen LogP contribution in [0.15, 0.2) is 91.0 Å². The molecule has 0 radical (unpaired) electrons. The van der Waals surface area contributed by atoms with Gasteiger partial charge >= 0.3 is 0 Å². The van der Waals surface area contributed by atoms with Gasteiger partial charge in [0.15, 0.2) is 28.8 Å². The zero-order valence-corrected chi connectivity index (χ0v) is 30.1. The Hall–Kier alpha value is -4.91. The number of hydrogen-bond donors (Lipinski definition) is 0. The molecule has 0 atom stereocenters. The van der Waals surface area contributed by atoms with Crippen LogP contribution in [-0.4, -0.2) is 45.8 Å². The number of rotatable bonds is 12. The van der Waals surface area contributed by atoms with E-state index in [1.807, 2.05) is 61.5 Å². The first-order valence-corrected chi connectivity index (χ1v) is 16.1. The van der Waals surface area contributed by atoms with Crippen LogP contribution in [0, 0.1) is 6.92 Å². The third-order valence-electron chi connectivity index (χ3n) is 7.27. The molecule has 7 heteroatoms. The fourth-order valence-electron chi connectivity index (χ4n) is 4.36. The lowest BCUT2D eigenvalue weighted by Crippen LogP contribution is -1.95. The number of unbranched alkanes of at least 4 members (excludes halogenated alkanes) is 3. The number of carbonyl (C=O) groups excluding carboxylic acids is 3. The zero-order valence-electron chi connectivity index (χ0n) is 30.1. The highest BCUT2D eigenvalue weighted by molar-refractivity contribution is 5.97. The molecule has 48 heavy (non-hydrogen) atoms. The van der Waals surface area contributed by atoms with Crippen molar-refractivity contribution in [2.24, 2.45) is 0 Å². The van der Waals surface area contributed by atoms with E-state index in [2.05, 4.69) is 19.1 Å². The second kappa shape index (κ2) is 23.4. The lowest BCUT2D eigenvalue weighted by Gasteiger charge is -2.08. The first-order chi connectivity index (χ1) is 23.0. The van der Waals surface area contributed by atoms with Crippen molar-refractivity contribution < 1.29 is 33.3 Å². The number of ether oxygens (including phenoxy) is 4. The number of carbonyl (C=O) groups is 3. The third kappa shape index (κ3) is 15.6. The molecule has 0 saturated carbocycles. The molecule has 0 aliphatic heterocycles. The first kappa shape index (κ1) is 41.1. The van der Waals surface area contributed by atoms with Gasteiger partial charge in [0.1, 0.15) is 11.5 Å². The minimum Gasteiger partial charge on any atom is -0.497 e. The highest BCUT2D eigenvalue weighted by Gasteiger charge is 2.04. The molecule has 4 aromatic carbocycles. The Bertz CT molecular complexity index is 1450. The Balaban J connectivity index is 0.000000324. The van der Waals surface area contributed by atoms with Crippen LogP contribution in [0.3, 0.4) is 0 Å². The van der Waals surface area contributed by atoms with Crippen molar-refractivity contribution in [2.75, 3.05) is 28.4 Å². The van der Waals surface area contributed by atoms with E-state index in [1.165, 1.54) is 45.1 Å². The average molecular weight is 657 g/mol. The molecular formula is C41H52O7. The maximum absolute atomic E-state index is 11.1. The van der Waals surface area contributed by atoms with Gasteiger partial charge in [-0.15, -0.1) is 0 Å². The number of Topliss-reactive ketones (excluding diaryl/α,β-unsaturated/α-hetero) is 3. The molecule has 0 aliphatic rings. The lowest BCUT2D eigenvalue weighted by molar-refractivity contribution is 0.100. The molecule has 0 saturated heterocycles. The van der Waals surface area contributed by atoms with Crippen LogP contribution in [0.1, 0.15) is 95.6 Å². The van der Waals surface area contributed by atoms with E-state index >= 15 is 0 Å². The number of para-hydroxylation sites is 1. The maximum atomic E-state index is 11.1. The summed E-state index contributed by atoms with van der Waals surface area (Å²) < 4.78 is 20.2. The summed E-state index contributed by atoms with van der Waals surface area (Å²) >= 11 is 0. The molecule has 0 heterocycles. The molecule has 0 spiro atoms. The van der Waals surface area contributed by atoms with Crippen molar-refractivity contribution in [3.8, 4) is 23.0 Å². The van der Waals surface area contributed by atoms with Crippen LogP contribution in [-0.2, 0) is 6.42 Å². The maximum Gasteiger partial charge on any atom is 0.163 e. The van der Waals surface area contributed by atoms with E-state index in [0.717, 1.165) is 40.5 Å². The average Bonchev–Trinajstić information content (AvgIpc) is 3.11. The predicted octanol–water partition coefficient (Wildman–Crippen LogP) is 9.82. The Morgan fingerprint density at radius 2 is 0.958 bits per heavy atom. The van der Waals surface area contributed by atoms with Gasteiger partial charge in [-0.05, 0) is 82.0 Å². The smallest absolute Gasteiger partial charge is 0.163 e. The number of hydrogen-bond acceptors (Lipinski definition) is 7. The van der Waals surface area contributed by atoms with E-state index in [1.54, 1.807) is 59.6 Å². The van der Waals surface area contributed by atoms with Gasteiger partial charge in [0.25, 0.3) is 0 Å². The minimum atomic E-state index is 0.0186. The fraction of sp³-hybridized carbons (Fsp3) is 0.341. The van der Waals surface area contributed by atoms with Crippen molar-refractivity contribution in [3.63, 3.8) is 0 Å². The van der Waals surface area contributed by atoms with Gasteiger partial charge in [0, 0.05) is 16.7 Å². The van der Waals surface area contributed by atoms with Crippen molar-refractivity contribution in [3.05, 3.63) is 119 Å². The number of methoxy groups -OCH3 is 4. The van der Waals surface area contributed by atoms with E-state index in [-0.39, 0.29) is 17.3 Å². The van der Waals surface area contributed by atoms with Gasteiger partial charge in [-0.1, -0.05) is 86.8 Å². The second-order valence-corrected chi connectivity index (χ2v) is 10.9. The van der Waals surface area contributed by atoms with Crippen LogP contribution >= 0.6 is 0 Å². The molecule has 7 nitrogen and oxygen atoms in total. The first-order valence-electron chi connectivity index (χ1n) is 16.1. The highest BCUT2D eigenvalue weighted by atomic mass is 16.5. The second-order valence-electron chi connectivity index (χ2n) is 10.9. The summed E-state index contributed by atoms with van der Waals surface area (Å²) in [6, 6.07) is 27.9. The molecule has 258 valence electrons. The third-order valence-corrected chi connectivity index (χ3v) is 7.27. The number of ketones is 3. The standard InChI is InChI=1S/C14H20O.C10H10O2.C9H12O2.C8H10O2/c1-3-4-5-6-7-13-8-10-14(11-9-13)12(2)15;1-7(11)9-3-5-10(6-4-9)8(2)12;1-7-5-4-6-8(10-2)9(7)11-3;1-9-7-3-5-8(10-2)6-4-7/h8-11H,3-7H2,1-2H3;3-6H,1-2H3;4-6H,1-3H3;3-6H,1-2H3. The SMILES string of the molecule is CC(=O)c1ccc(C(C)=O)cc1.CCCCCCc1ccc(C(C)=O)cc1.COc1ccc(OC)cc1.COc1cccc(C)c1OC. The van der Waals surface area contributed by atoms with E-state index in [9.17, 15) is 14.4 Å². The van der Waals surface area contributed by atoms with E-state index in [0.29, 0.717) is 11.1 Å². The largest absolute Gasteiger partial charge is 0.497 e. The Labute approximate surface area is 287 Å². The predicted molar refractivity (Wildman–Crippen MR) is 195 cm³/mol. The van der Waals surface area contributed by atoms with Gasteiger partial charge in [0.2, 0.25) is 0 Å². The Morgan fingerprint density at radius 1 is 0.521 bits per heavy atom. The minimum absolute atomic E-state index is 0.0186. The fourth-order valence-corrected chi connectivity index (χ4v) is 4.36. The van der Waals surface area contributed by atoms with Gasteiger partial charge in [0.05, 0.1) is 28.4 Å². The zero-order chi connectivity index (χ0) is 35.9. The summed E-state index contributed by atoms with van der Waals surface area (Å²) in [5.74, 6) is 3.48. The molecule has 4 rings (SSSR count). The molecular weight excluding hydrogens is 604 g/mol. The summed E-state index contributed by atoms with van der Waals surface area (Å²) in [5, 5.41) is 0. The van der Waals surface area contributed by atoms with Crippen molar-refractivity contribution >= 4 is 17.3 Å². The topological polar surface area (TPSA) is 88.1 Å². The molecule has 0 fully saturated rings. The van der Waals surface area contributed by atoms with Crippen LogP contribution in [0.5, 0.6) is 23.0 Å². The summed E-state index contributed by atoms with van der Waals surface area (Å²) in [6.45, 7) is 8.82. The summed E-state index contributed by atoms with van der Waals surface area (Å²) in [7, 11) is 6.56. The summed E-state index contributed by atoms with van der Waals surface area (Å²) in [6.07, 6.45) is 6.31. The van der Waals surface area contributed by atoms with Gasteiger partial charge < -0.3 is 18.9 Å². The van der Waals surface area contributed by atoms with Crippen LogP contribution in [0.4, 0.5) is 0 Å². The Morgan fingerprint density at radius 3 is 1.29 bits per heavy atom.